The van der Waals surface area contributed by atoms with Crippen LogP contribution in [0.15, 0.2) is 15.8 Å². The first-order chi connectivity index (χ1) is 8.52. The number of aryl methyl sites for hydroxylation is 1. The van der Waals surface area contributed by atoms with E-state index in [9.17, 15) is 19.5 Å². The van der Waals surface area contributed by atoms with E-state index in [2.05, 4.69) is 4.98 Å². The van der Waals surface area contributed by atoms with Gasteiger partial charge in [0.15, 0.2) is 0 Å². The molecular weight excluding hydrogens is 240 g/mol. The van der Waals surface area contributed by atoms with Gasteiger partial charge >= 0.3 is 5.69 Å². The van der Waals surface area contributed by atoms with Gasteiger partial charge in [0.25, 0.3) is 5.56 Å². The van der Waals surface area contributed by atoms with E-state index in [4.69, 9.17) is 4.74 Å². The first-order valence-electron chi connectivity index (χ1n) is 5.62. The molecule has 2 N–H and O–H groups in total. The number of carbonyl (C=O) groups is 1. The molecule has 0 radical (unpaired) electrons. The Morgan fingerprint density at radius 2 is 2.33 bits per heavy atom. The number of aromatic amines is 1. The number of aromatic nitrogens is 2. The molecule has 18 heavy (non-hydrogen) atoms. The highest BCUT2D eigenvalue weighted by atomic mass is 16.5. The zero-order chi connectivity index (χ0) is 13.3. The summed E-state index contributed by atoms with van der Waals surface area (Å²) in [6, 6.07) is 0. The maximum atomic E-state index is 11.6. The third-order valence-corrected chi connectivity index (χ3v) is 2.99. The lowest BCUT2D eigenvalue weighted by Crippen LogP contribution is -2.33. The van der Waals surface area contributed by atoms with E-state index in [1.165, 1.54) is 10.8 Å². The highest BCUT2D eigenvalue weighted by Gasteiger charge is 2.35. The van der Waals surface area contributed by atoms with Crippen molar-refractivity contribution >= 4 is 6.29 Å². The minimum Gasteiger partial charge on any atom is -0.390 e. The second-order valence-electron chi connectivity index (χ2n) is 4.31. The Labute approximate surface area is 102 Å². The number of hydrogen-bond donors (Lipinski definition) is 2. The average molecular weight is 254 g/mol. The predicted octanol–water partition coefficient (Wildman–Crippen LogP) is -0.918. The molecule has 7 nitrogen and oxygen atoms in total. The van der Waals surface area contributed by atoms with E-state index in [-0.39, 0.29) is 12.8 Å². The van der Waals surface area contributed by atoms with Crippen LogP contribution in [-0.2, 0) is 9.53 Å². The fraction of sp³-hybridized carbons (Fsp3) is 0.545. The normalized spacial score (nSPS) is 27.3. The summed E-state index contributed by atoms with van der Waals surface area (Å²) in [5, 5.41) is 9.70. The van der Waals surface area contributed by atoms with Crippen LogP contribution in [0.2, 0.25) is 0 Å². The van der Waals surface area contributed by atoms with Crippen molar-refractivity contribution in [2.75, 3.05) is 0 Å². The topological polar surface area (TPSA) is 101 Å². The molecule has 7 heteroatoms. The van der Waals surface area contributed by atoms with Gasteiger partial charge in [0.05, 0.1) is 12.2 Å². The number of nitrogens with one attached hydrogen (secondary N) is 1. The predicted molar refractivity (Wildman–Crippen MR) is 61.3 cm³/mol. The van der Waals surface area contributed by atoms with Crippen molar-refractivity contribution in [1.82, 2.24) is 9.55 Å². The smallest absolute Gasteiger partial charge is 0.330 e. The molecule has 1 aliphatic rings. The van der Waals surface area contributed by atoms with Gasteiger partial charge in [-0.05, 0) is 6.92 Å². The average Bonchev–Trinajstić information content (AvgIpc) is 2.66. The molecule has 1 fully saturated rings. The molecule has 1 aromatic rings. The highest BCUT2D eigenvalue weighted by Crippen LogP contribution is 2.28. The van der Waals surface area contributed by atoms with Crippen LogP contribution in [0.4, 0.5) is 0 Å². The van der Waals surface area contributed by atoms with Crippen LogP contribution in [0.25, 0.3) is 0 Å². The van der Waals surface area contributed by atoms with Crippen LogP contribution in [0, 0.1) is 6.92 Å². The molecule has 1 saturated heterocycles. The molecule has 0 amide bonds. The molecule has 3 atom stereocenters. The summed E-state index contributed by atoms with van der Waals surface area (Å²) < 4.78 is 6.66. The van der Waals surface area contributed by atoms with Crippen molar-refractivity contribution in [3.8, 4) is 0 Å². The molecule has 98 valence electrons. The first-order valence-corrected chi connectivity index (χ1v) is 5.62. The number of hydrogen-bond acceptors (Lipinski definition) is 5. The summed E-state index contributed by atoms with van der Waals surface area (Å²) in [7, 11) is 0. The van der Waals surface area contributed by atoms with Gasteiger partial charge in [0.2, 0.25) is 0 Å². The molecule has 2 heterocycles. The van der Waals surface area contributed by atoms with Crippen molar-refractivity contribution < 1.29 is 14.6 Å². The van der Waals surface area contributed by atoms with Crippen LogP contribution in [0.5, 0.6) is 0 Å². The molecule has 1 aliphatic heterocycles. The molecule has 2 rings (SSSR count). The van der Waals surface area contributed by atoms with E-state index in [1.807, 2.05) is 0 Å². The van der Waals surface area contributed by atoms with Crippen LogP contribution < -0.4 is 11.2 Å². The fourth-order valence-corrected chi connectivity index (χ4v) is 1.99. The van der Waals surface area contributed by atoms with Crippen LogP contribution in [-0.4, -0.2) is 33.2 Å². The Hall–Kier alpha value is -1.73. The van der Waals surface area contributed by atoms with E-state index in [1.54, 1.807) is 6.92 Å². The van der Waals surface area contributed by atoms with Gasteiger partial charge in [-0.25, -0.2) is 4.79 Å². The zero-order valence-corrected chi connectivity index (χ0v) is 9.83. The van der Waals surface area contributed by atoms with E-state index in [0.717, 1.165) is 0 Å². The Balaban J connectivity index is 2.29. The number of H-pyrrole nitrogens is 1. The molecular formula is C11H14N2O5. The second kappa shape index (κ2) is 4.87. The van der Waals surface area contributed by atoms with Crippen molar-refractivity contribution in [2.45, 2.75) is 38.2 Å². The third kappa shape index (κ3) is 2.27. The van der Waals surface area contributed by atoms with Crippen molar-refractivity contribution in [2.24, 2.45) is 0 Å². The first kappa shape index (κ1) is 12.7. The summed E-state index contributed by atoms with van der Waals surface area (Å²) in [6.07, 6.45) is 0.288. The molecule has 3 unspecified atom stereocenters. The minimum absolute atomic E-state index is 0.0781. The maximum Gasteiger partial charge on any atom is 0.330 e. The number of rotatable bonds is 3. The van der Waals surface area contributed by atoms with Crippen LogP contribution in [0.3, 0.4) is 0 Å². The van der Waals surface area contributed by atoms with Gasteiger partial charge in [0, 0.05) is 24.6 Å². The monoisotopic (exact) mass is 254 g/mol. The number of nitrogens with zero attached hydrogens (tertiary/aromatic N) is 1. The number of ether oxygens (including phenoxy) is 1. The van der Waals surface area contributed by atoms with E-state index >= 15 is 0 Å². The molecule has 0 saturated carbocycles. The van der Waals surface area contributed by atoms with Crippen LogP contribution in [0.1, 0.15) is 24.6 Å². The minimum atomic E-state index is -0.792. The lowest BCUT2D eigenvalue weighted by Gasteiger charge is -2.14. The molecule has 1 aromatic heterocycles. The molecule has 0 bridgehead atoms. The second-order valence-corrected chi connectivity index (χ2v) is 4.31. The van der Waals surface area contributed by atoms with Crippen molar-refractivity contribution in [1.29, 1.82) is 0 Å². The number of carbonyl (C=O) groups excluding carboxylic acids is 1. The largest absolute Gasteiger partial charge is 0.390 e. The van der Waals surface area contributed by atoms with E-state index in [0.29, 0.717) is 11.8 Å². The SMILES string of the molecule is Cc1cn(C2CC(O)C(CC=O)O2)c(=O)[nH]c1=O. The summed E-state index contributed by atoms with van der Waals surface area (Å²) in [5.41, 5.74) is -0.652. The number of aldehydes is 1. The third-order valence-electron chi connectivity index (χ3n) is 2.99. The summed E-state index contributed by atoms with van der Waals surface area (Å²) in [6.45, 7) is 1.57. The Bertz CT molecular complexity index is 561. The summed E-state index contributed by atoms with van der Waals surface area (Å²) in [4.78, 5) is 35.4. The number of aliphatic hydroxyl groups excluding tert-OH is 1. The van der Waals surface area contributed by atoms with Gasteiger partial charge in [-0.2, -0.15) is 0 Å². The quantitative estimate of drug-likeness (QED) is 0.679. The standard InChI is InChI=1S/C11H14N2O5/c1-6-5-13(11(17)12-10(6)16)9-4-7(15)8(18-9)2-3-14/h3,5,7-9,15H,2,4H2,1H3,(H,12,16,17). The fourth-order valence-electron chi connectivity index (χ4n) is 1.99. The Morgan fingerprint density at radius 3 is 3.00 bits per heavy atom. The highest BCUT2D eigenvalue weighted by molar-refractivity contribution is 5.50. The van der Waals surface area contributed by atoms with Gasteiger partial charge in [-0.15, -0.1) is 0 Å². The zero-order valence-electron chi connectivity index (χ0n) is 9.83. The van der Waals surface area contributed by atoms with Gasteiger partial charge in [-0.3, -0.25) is 14.3 Å². The molecule has 0 aliphatic carbocycles. The maximum absolute atomic E-state index is 11.6. The Kier molecular flexibility index (Phi) is 3.44. The van der Waals surface area contributed by atoms with Gasteiger partial charge < -0.3 is 14.6 Å². The lowest BCUT2D eigenvalue weighted by molar-refractivity contribution is -0.112. The lowest BCUT2D eigenvalue weighted by atomic mass is 10.1. The number of aliphatic hydroxyl groups is 1. The molecule has 0 spiro atoms. The van der Waals surface area contributed by atoms with Crippen molar-refractivity contribution in [3.05, 3.63) is 32.6 Å². The van der Waals surface area contributed by atoms with Gasteiger partial charge in [0.1, 0.15) is 12.5 Å². The molecule has 0 aromatic carbocycles. The van der Waals surface area contributed by atoms with Crippen LogP contribution >= 0.6 is 0 Å². The summed E-state index contributed by atoms with van der Waals surface area (Å²) >= 11 is 0. The Morgan fingerprint density at radius 1 is 1.61 bits per heavy atom. The summed E-state index contributed by atoms with van der Waals surface area (Å²) in [5.74, 6) is 0. The van der Waals surface area contributed by atoms with Crippen molar-refractivity contribution in [3.63, 3.8) is 0 Å². The van der Waals surface area contributed by atoms with Gasteiger partial charge in [-0.1, -0.05) is 0 Å². The van der Waals surface area contributed by atoms with E-state index < -0.39 is 29.7 Å².